The van der Waals surface area contributed by atoms with Gasteiger partial charge >= 0.3 is 0 Å². The lowest BCUT2D eigenvalue weighted by molar-refractivity contribution is -0.120. The van der Waals surface area contributed by atoms with E-state index >= 15 is 0 Å². The third-order valence-electron chi connectivity index (χ3n) is 3.11. The second-order valence-corrected chi connectivity index (χ2v) is 6.25. The van der Waals surface area contributed by atoms with E-state index in [1.807, 2.05) is 0 Å². The Morgan fingerprint density at radius 2 is 2.33 bits per heavy atom. The fourth-order valence-corrected chi connectivity index (χ4v) is 2.82. The Hall–Kier alpha value is -2.55. The minimum Gasteiger partial charge on any atom is -0.461 e. The lowest BCUT2D eigenvalue weighted by Gasteiger charge is -2.12. The lowest BCUT2D eigenvalue weighted by Crippen LogP contribution is -2.31. The predicted octanol–water partition coefficient (Wildman–Crippen LogP) is 1.20. The molecule has 2 rings (SSSR count). The van der Waals surface area contributed by atoms with Gasteiger partial charge in [0.15, 0.2) is 16.7 Å². The van der Waals surface area contributed by atoms with Crippen molar-refractivity contribution in [2.24, 2.45) is 5.73 Å². The van der Waals surface area contributed by atoms with E-state index in [-0.39, 0.29) is 17.6 Å². The number of carbonyl (C=O) groups excluding carboxylic acids is 2. The first-order valence-corrected chi connectivity index (χ1v) is 8.21. The van der Waals surface area contributed by atoms with Gasteiger partial charge in [-0.1, -0.05) is 17.8 Å². The normalized spacial score (nSPS) is 11.9. The molecular formula is C15H19N5O3S. The van der Waals surface area contributed by atoms with E-state index in [1.165, 1.54) is 18.0 Å². The molecule has 24 heavy (non-hydrogen) atoms. The van der Waals surface area contributed by atoms with Crippen LogP contribution in [0.25, 0.3) is 11.6 Å². The number of primary amides is 1. The van der Waals surface area contributed by atoms with Crippen LogP contribution in [-0.4, -0.2) is 38.4 Å². The van der Waals surface area contributed by atoms with Gasteiger partial charge in [0.25, 0.3) is 0 Å². The smallest absolute Gasteiger partial charge is 0.233 e. The summed E-state index contributed by atoms with van der Waals surface area (Å²) in [4.78, 5) is 23.1. The van der Waals surface area contributed by atoms with Gasteiger partial charge in [-0.05, 0) is 19.1 Å². The molecule has 2 amide bonds. The van der Waals surface area contributed by atoms with Gasteiger partial charge in [0.1, 0.15) is 0 Å². The Morgan fingerprint density at radius 1 is 1.54 bits per heavy atom. The number of carbonyl (C=O) groups is 2. The maximum atomic E-state index is 12.0. The van der Waals surface area contributed by atoms with Crippen LogP contribution in [0.3, 0.4) is 0 Å². The monoisotopic (exact) mass is 349 g/mol. The van der Waals surface area contributed by atoms with E-state index in [1.54, 1.807) is 29.7 Å². The van der Waals surface area contributed by atoms with Crippen molar-refractivity contribution in [1.29, 1.82) is 0 Å². The van der Waals surface area contributed by atoms with Gasteiger partial charge in [-0.25, -0.2) is 0 Å². The molecule has 0 spiro atoms. The molecule has 0 fully saturated rings. The zero-order valence-electron chi connectivity index (χ0n) is 13.3. The molecule has 0 bridgehead atoms. The maximum absolute atomic E-state index is 12.0. The highest BCUT2D eigenvalue weighted by molar-refractivity contribution is 8.00. The first-order chi connectivity index (χ1) is 11.5. The average molecular weight is 349 g/mol. The molecule has 9 heteroatoms. The Morgan fingerprint density at radius 3 is 2.96 bits per heavy atom. The summed E-state index contributed by atoms with van der Waals surface area (Å²) < 4.78 is 7.07. The number of furan rings is 1. The molecule has 0 saturated heterocycles. The van der Waals surface area contributed by atoms with Crippen molar-refractivity contribution in [2.45, 2.75) is 30.3 Å². The number of amides is 2. The Balaban J connectivity index is 2.20. The first-order valence-electron chi connectivity index (χ1n) is 7.33. The quantitative estimate of drug-likeness (QED) is 0.519. The molecule has 0 radical (unpaired) electrons. The number of rotatable bonds is 9. The minimum absolute atomic E-state index is 0.135. The Kier molecular flexibility index (Phi) is 6.19. The molecule has 1 atom stereocenters. The van der Waals surface area contributed by atoms with Crippen molar-refractivity contribution in [3.05, 3.63) is 31.1 Å². The summed E-state index contributed by atoms with van der Waals surface area (Å²) in [6.07, 6.45) is 3.27. The lowest BCUT2D eigenvalue weighted by atomic mass is 10.3. The second kappa shape index (κ2) is 8.34. The van der Waals surface area contributed by atoms with Crippen LogP contribution in [-0.2, 0) is 16.1 Å². The highest BCUT2D eigenvalue weighted by atomic mass is 32.2. The number of hydrogen-bond donors (Lipinski definition) is 2. The van der Waals surface area contributed by atoms with Gasteiger partial charge in [-0.2, -0.15) is 0 Å². The summed E-state index contributed by atoms with van der Waals surface area (Å²) in [7, 11) is 0. The fourth-order valence-electron chi connectivity index (χ4n) is 1.92. The Bertz CT molecular complexity index is 711. The van der Waals surface area contributed by atoms with Crippen LogP contribution in [0.15, 0.2) is 40.6 Å². The second-order valence-electron chi connectivity index (χ2n) is 4.95. The molecule has 2 heterocycles. The summed E-state index contributed by atoms with van der Waals surface area (Å²) in [5.41, 5.74) is 5.24. The zero-order valence-corrected chi connectivity index (χ0v) is 14.1. The SMILES string of the molecule is C=CCNC(=O)C(C)Sc1nnc(-c2ccco2)n1CCC(N)=O. The number of hydrogen-bond acceptors (Lipinski definition) is 6. The third kappa shape index (κ3) is 4.48. The molecule has 3 N–H and O–H groups in total. The number of nitrogens with two attached hydrogens (primary N) is 1. The molecule has 0 saturated carbocycles. The van der Waals surface area contributed by atoms with Crippen LogP contribution in [0.2, 0.25) is 0 Å². The number of thioether (sulfide) groups is 1. The van der Waals surface area contributed by atoms with E-state index < -0.39 is 5.91 Å². The molecule has 1 unspecified atom stereocenters. The third-order valence-corrected chi connectivity index (χ3v) is 4.19. The summed E-state index contributed by atoms with van der Waals surface area (Å²) in [6.45, 7) is 6.03. The van der Waals surface area contributed by atoms with Gasteiger partial charge < -0.3 is 15.5 Å². The summed E-state index contributed by atoms with van der Waals surface area (Å²) in [5, 5.41) is 11.1. The van der Waals surface area contributed by atoms with Gasteiger partial charge in [-0.3, -0.25) is 14.2 Å². The largest absolute Gasteiger partial charge is 0.461 e. The van der Waals surface area contributed by atoms with Crippen molar-refractivity contribution in [2.75, 3.05) is 6.54 Å². The molecule has 8 nitrogen and oxygen atoms in total. The molecule has 0 aromatic carbocycles. The molecule has 0 aliphatic heterocycles. The molecule has 0 aliphatic carbocycles. The molecule has 0 aliphatic rings. The molecule has 128 valence electrons. The topological polar surface area (TPSA) is 116 Å². The van der Waals surface area contributed by atoms with Gasteiger partial charge in [0.2, 0.25) is 11.8 Å². The summed E-state index contributed by atoms with van der Waals surface area (Å²) >= 11 is 1.25. The van der Waals surface area contributed by atoms with E-state index in [0.717, 1.165) is 0 Å². The molecule has 2 aromatic rings. The highest BCUT2D eigenvalue weighted by Crippen LogP contribution is 2.27. The number of nitrogens with zero attached hydrogens (tertiary/aromatic N) is 3. The van der Waals surface area contributed by atoms with Crippen LogP contribution in [0.5, 0.6) is 0 Å². The van der Waals surface area contributed by atoms with Crippen LogP contribution in [0.4, 0.5) is 0 Å². The summed E-state index contributed by atoms with van der Waals surface area (Å²) in [6, 6.07) is 3.49. The van der Waals surface area contributed by atoms with E-state index in [9.17, 15) is 9.59 Å². The van der Waals surface area contributed by atoms with E-state index in [0.29, 0.717) is 29.8 Å². The van der Waals surface area contributed by atoms with Gasteiger partial charge in [0.05, 0.1) is 11.5 Å². The highest BCUT2D eigenvalue weighted by Gasteiger charge is 2.21. The summed E-state index contributed by atoms with van der Waals surface area (Å²) in [5.74, 6) is 0.454. The van der Waals surface area contributed by atoms with Crippen LogP contribution in [0.1, 0.15) is 13.3 Å². The number of nitrogens with one attached hydrogen (secondary N) is 1. The van der Waals surface area contributed by atoms with Gasteiger partial charge in [0, 0.05) is 19.5 Å². The van der Waals surface area contributed by atoms with Crippen molar-refractivity contribution < 1.29 is 14.0 Å². The standard InChI is InChI=1S/C15H19N5O3S/c1-3-7-17-14(22)10(2)24-15-19-18-13(11-5-4-9-23-11)20(15)8-6-12(16)21/h3-5,9-10H,1,6-8H2,2H3,(H2,16,21)(H,17,22). The van der Waals surface area contributed by atoms with Crippen LogP contribution >= 0.6 is 11.8 Å². The minimum atomic E-state index is -0.429. The molecular weight excluding hydrogens is 330 g/mol. The first kappa shape index (κ1) is 17.8. The fraction of sp³-hybridized carbons (Fsp3) is 0.333. The average Bonchev–Trinajstić information content (AvgIpc) is 3.19. The predicted molar refractivity (Wildman–Crippen MR) is 90.1 cm³/mol. The van der Waals surface area contributed by atoms with E-state index in [2.05, 4.69) is 22.1 Å². The van der Waals surface area contributed by atoms with Crippen molar-refractivity contribution in [3.63, 3.8) is 0 Å². The van der Waals surface area contributed by atoms with E-state index in [4.69, 9.17) is 10.2 Å². The molecule has 2 aromatic heterocycles. The maximum Gasteiger partial charge on any atom is 0.233 e. The van der Waals surface area contributed by atoms with Crippen LogP contribution < -0.4 is 11.1 Å². The van der Waals surface area contributed by atoms with Crippen molar-refractivity contribution >= 4 is 23.6 Å². The van der Waals surface area contributed by atoms with Crippen LogP contribution in [0, 0.1) is 0 Å². The zero-order chi connectivity index (χ0) is 17.5. The van der Waals surface area contributed by atoms with Crippen molar-refractivity contribution in [1.82, 2.24) is 20.1 Å². The van der Waals surface area contributed by atoms with Gasteiger partial charge in [-0.15, -0.1) is 16.8 Å². The number of aromatic nitrogens is 3. The van der Waals surface area contributed by atoms with Crippen molar-refractivity contribution in [3.8, 4) is 11.6 Å². The Labute approximate surface area is 143 Å².